The van der Waals surface area contributed by atoms with E-state index in [2.05, 4.69) is 4.72 Å². The summed E-state index contributed by atoms with van der Waals surface area (Å²) in [6, 6.07) is 3.07. The lowest BCUT2D eigenvalue weighted by molar-refractivity contribution is 0.138. The molecule has 1 heterocycles. The molecule has 1 spiro atoms. The summed E-state index contributed by atoms with van der Waals surface area (Å²) in [7, 11) is -3.79. The van der Waals surface area contributed by atoms with Gasteiger partial charge in [-0.3, -0.25) is 0 Å². The van der Waals surface area contributed by atoms with Crippen molar-refractivity contribution < 1.29 is 17.2 Å². The molecular formula is C12H13FN2O3S. The Morgan fingerprint density at radius 2 is 2.21 bits per heavy atom. The van der Waals surface area contributed by atoms with E-state index in [0.717, 1.165) is 12.8 Å². The van der Waals surface area contributed by atoms with Crippen LogP contribution >= 0.6 is 0 Å². The molecule has 5 nitrogen and oxygen atoms in total. The molecule has 102 valence electrons. The fourth-order valence-corrected chi connectivity index (χ4v) is 4.01. The van der Waals surface area contributed by atoms with Crippen molar-refractivity contribution in [1.82, 2.24) is 4.72 Å². The summed E-state index contributed by atoms with van der Waals surface area (Å²) >= 11 is 0. The van der Waals surface area contributed by atoms with Gasteiger partial charge in [-0.15, -0.1) is 0 Å². The first-order valence-corrected chi connectivity index (χ1v) is 7.56. The second kappa shape index (κ2) is 4.05. The molecule has 1 atom stereocenters. The van der Waals surface area contributed by atoms with Crippen molar-refractivity contribution >= 4 is 10.0 Å². The molecule has 0 aliphatic heterocycles. The highest BCUT2D eigenvalue weighted by molar-refractivity contribution is 7.89. The number of halogens is 1. The van der Waals surface area contributed by atoms with Crippen molar-refractivity contribution in [1.29, 1.82) is 5.26 Å². The fourth-order valence-electron chi connectivity index (χ4n) is 2.83. The Balaban J connectivity index is 1.60. The molecule has 19 heavy (non-hydrogen) atoms. The normalized spacial score (nSPS) is 32.8. The number of hydrogen-bond donors (Lipinski definition) is 1. The maximum absolute atomic E-state index is 13.0. The minimum absolute atomic E-state index is 0.0106. The molecule has 0 aromatic carbocycles. The van der Waals surface area contributed by atoms with Gasteiger partial charge in [-0.2, -0.15) is 5.26 Å². The Bertz CT molecular complexity index is 640. The predicted octanol–water partition coefficient (Wildman–Crippen LogP) is 1.57. The van der Waals surface area contributed by atoms with E-state index in [-0.39, 0.29) is 28.5 Å². The quantitative estimate of drug-likeness (QED) is 0.909. The van der Waals surface area contributed by atoms with Crippen molar-refractivity contribution in [3.05, 3.63) is 17.9 Å². The van der Waals surface area contributed by atoms with Gasteiger partial charge in [0.1, 0.15) is 17.8 Å². The zero-order chi connectivity index (χ0) is 13.7. The van der Waals surface area contributed by atoms with Crippen LogP contribution in [-0.4, -0.2) is 21.1 Å². The maximum atomic E-state index is 13.0. The molecule has 1 unspecified atom stereocenters. The van der Waals surface area contributed by atoms with Crippen LogP contribution in [0.1, 0.15) is 24.8 Å². The highest BCUT2D eigenvalue weighted by Crippen LogP contribution is 2.64. The molecule has 0 radical (unpaired) electrons. The Hall–Kier alpha value is -1.39. The first kappa shape index (κ1) is 12.6. The molecule has 1 aromatic rings. The third-order valence-corrected chi connectivity index (χ3v) is 5.39. The molecule has 2 aliphatic carbocycles. The van der Waals surface area contributed by atoms with Crippen LogP contribution < -0.4 is 4.72 Å². The lowest BCUT2D eigenvalue weighted by atomic mass is 9.72. The number of nitrogens with one attached hydrogen (secondary N) is 1. The average molecular weight is 284 g/mol. The van der Waals surface area contributed by atoms with Gasteiger partial charge in [0, 0.05) is 12.0 Å². The molecule has 3 rings (SSSR count). The smallest absolute Gasteiger partial charge is 0.275 e. The highest BCUT2D eigenvalue weighted by atomic mass is 32.2. The summed E-state index contributed by atoms with van der Waals surface area (Å²) in [4.78, 5) is 0. The summed E-state index contributed by atoms with van der Waals surface area (Å²) in [5, 5.41) is 8.42. The average Bonchev–Trinajstić information content (AvgIpc) is 2.78. The van der Waals surface area contributed by atoms with Crippen molar-refractivity contribution in [3.63, 3.8) is 0 Å². The highest BCUT2D eigenvalue weighted by Gasteiger charge is 2.62. The van der Waals surface area contributed by atoms with E-state index in [9.17, 15) is 12.8 Å². The number of nitrogens with zero attached hydrogens (tertiary/aromatic N) is 1. The van der Waals surface area contributed by atoms with E-state index in [0.29, 0.717) is 6.42 Å². The predicted molar refractivity (Wildman–Crippen MR) is 63.3 cm³/mol. The number of furan rings is 1. The van der Waals surface area contributed by atoms with E-state index in [1.807, 2.05) is 0 Å². The van der Waals surface area contributed by atoms with Crippen LogP contribution in [0.4, 0.5) is 4.39 Å². The summed E-state index contributed by atoms with van der Waals surface area (Å²) < 4.78 is 44.1. The van der Waals surface area contributed by atoms with Gasteiger partial charge in [0.25, 0.3) is 15.1 Å². The monoisotopic (exact) mass is 284 g/mol. The van der Waals surface area contributed by atoms with Gasteiger partial charge < -0.3 is 4.42 Å². The number of hydrogen-bond acceptors (Lipinski definition) is 4. The maximum Gasteiger partial charge on any atom is 0.275 e. The van der Waals surface area contributed by atoms with Crippen LogP contribution in [0.25, 0.3) is 0 Å². The second-order valence-corrected chi connectivity index (χ2v) is 7.06. The first-order chi connectivity index (χ1) is 8.97. The zero-order valence-corrected chi connectivity index (χ0v) is 10.9. The number of nitriles is 1. The molecule has 0 amide bonds. The largest absolute Gasteiger partial charge is 0.451 e. The SMILES string of the molecule is N#Cc1ccoc1S(=O)(=O)NCC1CC2(C1)CC2F. The Morgan fingerprint density at radius 3 is 2.79 bits per heavy atom. The molecule has 0 bridgehead atoms. The molecule has 2 saturated carbocycles. The molecule has 1 N–H and O–H groups in total. The van der Waals surface area contributed by atoms with Crippen molar-refractivity contribution in [3.8, 4) is 6.07 Å². The van der Waals surface area contributed by atoms with Crippen LogP contribution in [-0.2, 0) is 10.0 Å². The minimum Gasteiger partial charge on any atom is -0.451 e. The number of sulfonamides is 1. The van der Waals surface area contributed by atoms with Crippen LogP contribution in [0.5, 0.6) is 0 Å². The minimum atomic E-state index is -3.79. The first-order valence-electron chi connectivity index (χ1n) is 6.08. The van der Waals surface area contributed by atoms with Crippen molar-refractivity contribution in [2.24, 2.45) is 11.3 Å². The number of rotatable bonds is 4. The number of alkyl halides is 1. The van der Waals surface area contributed by atoms with Crippen LogP contribution in [0.2, 0.25) is 0 Å². The molecular weight excluding hydrogens is 271 g/mol. The van der Waals surface area contributed by atoms with E-state index in [1.54, 1.807) is 6.07 Å². The third kappa shape index (κ3) is 2.05. The van der Waals surface area contributed by atoms with Crippen LogP contribution in [0.15, 0.2) is 21.8 Å². The van der Waals surface area contributed by atoms with Gasteiger partial charge in [0.2, 0.25) is 0 Å². The molecule has 7 heteroatoms. The van der Waals surface area contributed by atoms with Gasteiger partial charge in [-0.1, -0.05) is 0 Å². The Kier molecular flexibility index (Phi) is 2.69. The van der Waals surface area contributed by atoms with Crippen molar-refractivity contribution in [2.75, 3.05) is 6.54 Å². The topological polar surface area (TPSA) is 83.1 Å². The standard InChI is InChI=1S/C12H13FN2O3S/c13-10-5-12(10)3-8(4-12)7-15-19(16,17)11-9(6-14)1-2-18-11/h1-2,8,10,15H,3-5,7H2. The summed E-state index contributed by atoms with van der Waals surface area (Å²) in [6.07, 6.45) is 2.56. The molecule has 1 aromatic heterocycles. The molecule has 0 saturated heterocycles. The van der Waals surface area contributed by atoms with E-state index >= 15 is 0 Å². The van der Waals surface area contributed by atoms with E-state index in [4.69, 9.17) is 9.68 Å². The lowest BCUT2D eigenvalue weighted by Gasteiger charge is -2.35. The lowest BCUT2D eigenvalue weighted by Crippen LogP contribution is -2.38. The van der Waals surface area contributed by atoms with Gasteiger partial charge in [-0.05, 0) is 31.2 Å². The summed E-state index contributed by atoms with van der Waals surface area (Å²) in [5.74, 6) is 0.177. The van der Waals surface area contributed by atoms with Gasteiger partial charge in [0.15, 0.2) is 0 Å². The Morgan fingerprint density at radius 1 is 1.53 bits per heavy atom. The van der Waals surface area contributed by atoms with E-state index in [1.165, 1.54) is 12.3 Å². The van der Waals surface area contributed by atoms with Gasteiger partial charge in [0.05, 0.1) is 6.26 Å². The molecule has 2 fully saturated rings. The Labute approximate surface area is 110 Å². The summed E-state index contributed by atoms with van der Waals surface area (Å²) in [5.41, 5.74) is -0.151. The van der Waals surface area contributed by atoms with Gasteiger partial charge in [-0.25, -0.2) is 17.5 Å². The van der Waals surface area contributed by atoms with Crippen LogP contribution in [0, 0.1) is 22.7 Å². The second-order valence-electron chi connectivity index (χ2n) is 5.39. The summed E-state index contributed by atoms with van der Waals surface area (Å²) in [6.45, 7) is 0.266. The zero-order valence-electron chi connectivity index (χ0n) is 10.1. The molecule has 2 aliphatic rings. The third-order valence-electron chi connectivity index (χ3n) is 4.04. The fraction of sp³-hybridized carbons (Fsp3) is 0.583. The van der Waals surface area contributed by atoms with Crippen LogP contribution in [0.3, 0.4) is 0 Å². The van der Waals surface area contributed by atoms with Crippen molar-refractivity contribution in [2.45, 2.75) is 30.5 Å². The van der Waals surface area contributed by atoms with Gasteiger partial charge >= 0.3 is 0 Å². The van der Waals surface area contributed by atoms with E-state index < -0.39 is 16.2 Å².